The highest BCUT2D eigenvalue weighted by Gasteiger charge is 2.11. The zero-order valence-corrected chi connectivity index (χ0v) is 10.3. The zero-order valence-electron chi connectivity index (χ0n) is 10.3. The summed E-state index contributed by atoms with van der Waals surface area (Å²) in [5.41, 5.74) is 1.51. The predicted molar refractivity (Wildman–Crippen MR) is 70.1 cm³/mol. The van der Waals surface area contributed by atoms with E-state index in [-0.39, 0.29) is 6.42 Å². The summed E-state index contributed by atoms with van der Waals surface area (Å²) in [5, 5.41) is 17.5. The molecular weight excluding hydrogens is 263 g/mol. The van der Waals surface area contributed by atoms with Gasteiger partial charge in [-0.3, -0.25) is 4.79 Å². The third-order valence-corrected chi connectivity index (χ3v) is 2.84. The molecule has 0 aliphatic rings. The van der Waals surface area contributed by atoms with Gasteiger partial charge in [-0.2, -0.15) is 0 Å². The number of hydrogen-bond acceptors (Lipinski definition) is 2. The lowest BCUT2D eigenvalue weighted by atomic mass is 10.0. The van der Waals surface area contributed by atoms with Crippen LogP contribution in [0.25, 0.3) is 11.1 Å². The van der Waals surface area contributed by atoms with Crippen LogP contribution in [-0.2, 0) is 11.2 Å². The van der Waals surface area contributed by atoms with E-state index in [0.29, 0.717) is 16.7 Å². The van der Waals surface area contributed by atoms with Crippen molar-refractivity contribution in [3.8, 4) is 11.1 Å². The summed E-state index contributed by atoms with van der Waals surface area (Å²) >= 11 is 0. The summed E-state index contributed by atoms with van der Waals surface area (Å²) in [5.74, 6) is -3.04. The Labute approximate surface area is 114 Å². The minimum Gasteiger partial charge on any atom is -0.481 e. The highest BCUT2D eigenvalue weighted by Crippen LogP contribution is 2.23. The average Bonchev–Trinajstić information content (AvgIpc) is 2.39. The molecule has 20 heavy (non-hydrogen) atoms. The SMILES string of the molecule is O=C(O)Cc1ccc(-c2ccc(F)c(C(=O)O)c2)cc1. The van der Waals surface area contributed by atoms with Gasteiger partial charge in [0.2, 0.25) is 0 Å². The quantitative estimate of drug-likeness (QED) is 0.899. The molecule has 0 saturated heterocycles. The number of aliphatic carboxylic acids is 1. The van der Waals surface area contributed by atoms with Gasteiger partial charge in [-0.1, -0.05) is 30.3 Å². The number of rotatable bonds is 4. The Hall–Kier alpha value is -2.69. The fourth-order valence-corrected chi connectivity index (χ4v) is 1.86. The lowest BCUT2D eigenvalue weighted by Gasteiger charge is -2.05. The van der Waals surface area contributed by atoms with Gasteiger partial charge < -0.3 is 10.2 Å². The lowest BCUT2D eigenvalue weighted by Crippen LogP contribution is -2.01. The Balaban J connectivity index is 2.34. The molecule has 0 radical (unpaired) electrons. The number of carbonyl (C=O) groups is 2. The van der Waals surface area contributed by atoms with Crippen molar-refractivity contribution in [1.29, 1.82) is 0 Å². The Kier molecular flexibility index (Phi) is 3.79. The molecule has 2 aromatic carbocycles. The van der Waals surface area contributed by atoms with Crippen molar-refractivity contribution in [3.05, 3.63) is 59.4 Å². The van der Waals surface area contributed by atoms with E-state index in [1.807, 2.05) is 0 Å². The van der Waals surface area contributed by atoms with Crippen molar-refractivity contribution in [1.82, 2.24) is 0 Å². The van der Waals surface area contributed by atoms with Gasteiger partial charge in [0.15, 0.2) is 0 Å². The number of carboxylic acid groups (broad SMARTS) is 2. The van der Waals surface area contributed by atoms with Gasteiger partial charge in [-0.25, -0.2) is 9.18 Å². The second kappa shape index (κ2) is 5.52. The third kappa shape index (κ3) is 3.00. The summed E-state index contributed by atoms with van der Waals surface area (Å²) in [6, 6.07) is 10.5. The van der Waals surface area contributed by atoms with Crippen molar-refractivity contribution in [2.45, 2.75) is 6.42 Å². The Morgan fingerprint density at radius 1 is 0.950 bits per heavy atom. The van der Waals surface area contributed by atoms with E-state index in [0.717, 1.165) is 6.07 Å². The first kappa shape index (κ1) is 13.7. The Morgan fingerprint density at radius 2 is 1.55 bits per heavy atom. The molecule has 102 valence electrons. The second-order valence-electron chi connectivity index (χ2n) is 4.27. The highest BCUT2D eigenvalue weighted by molar-refractivity contribution is 5.89. The summed E-state index contributed by atoms with van der Waals surface area (Å²) in [7, 11) is 0. The van der Waals surface area contributed by atoms with E-state index in [2.05, 4.69) is 0 Å². The van der Waals surface area contributed by atoms with Crippen LogP contribution >= 0.6 is 0 Å². The zero-order chi connectivity index (χ0) is 14.7. The number of hydrogen-bond donors (Lipinski definition) is 2. The van der Waals surface area contributed by atoms with Crippen LogP contribution in [0.4, 0.5) is 4.39 Å². The van der Waals surface area contributed by atoms with Gasteiger partial charge in [0.05, 0.1) is 12.0 Å². The van der Waals surface area contributed by atoms with E-state index >= 15 is 0 Å². The van der Waals surface area contributed by atoms with Crippen LogP contribution in [0.3, 0.4) is 0 Å². The largest absolute Gasteiger partial charge is 0.481 e. The molecule has 0 bridgehead atoms. The fraction of sp³-hybridized carbons (Fsp3) is 0.0667. The van der Waals surface area contributed by atoms with Crippen LogP contribution < -0.4 is 0 Å². The van der Waals surface area contributed by atoms with Gasteiger partial charge >= 0.3 is 11.9 Å². The van der Waals surface area contributed by atoms with Crippen LogP contribution in [0, 0.1) is 5.82 Å². The summed E-state index contributed by atoms with van der Waals surface area (Å²) in [6.07, 6.45) is -0.0793. The maximum absolute atomic E-state index is 13.3. The molecule has 4 nitrogen and oxygen atoms in total. The molecule has 0 aliphatic heterocycles. The average molecular weight is 274 g/mol. The monoisotopic (exact) mass is 274 g/mol. The molecular formula is C15H11FO4. The van der Waals surface area contributed by atoms with Crippen LogP contribution in [-0.4, -0.2) is 22.2 Å². The first-order chi connectivity index (χ1) is 9.47. The topological polar surface area (TPSA) is 74.6 Å². The van der Waals surface area contributed by atoms with Crippen molar-refractivity contribution < 1.29 is 24.2 Å². The molecule has 2 rings (SSSR count). The number of carboxylic acids is 2. The van der Waals surface area contributed by atoms with Gasteiger partial charge in [-0.05, 0) is 28.8 Å². The van der Waals surface area contributed by atoms with Crippen LogP contribution in [0.5, 0.6) is 0 Å². The Morgan fingerprint density at radius 3 is 2.10 bits per heavy atom. The molecule has 2 N–H and O–H groups in total. The van der Waals surface area contributed by atoms with Crippen LogP contribution in [0.1, 0.15) is 15.9 Å². The van der Waals surface area contributed by atoms with Crippen molar-refractivity contribution in [3.63, 3.8) is 0 Å². The van der Waals surface area contributed by atoms with Crippen LogP contribution in [0.15, 0.2) is 42.5 Å². The molecule has 0 aliphatic carbocycles. The normalized spacial score (nSPS) is 10.2. The van der Waals surface area contributed by atoms with Crippen LogP contribution in [0.2, 0.25) is 0 Å². The molecule has 0 atom stereocenters. The first-order valence-corrected chi connectivity index (χ1v) is 5.81. The fourth-order valence-electron chi connectivity index (χ4n) is 1.86. The van der Waals surface area contributed by atoms with Gasteiger partial charge in [0, 0.05) is 0 Å². The molecule has 0 heterocycles. The second-order valence-corrected chi connectivity index (χ2v) is 4.27. The number of benzene rings is 2. The maximum atomic E-state index is 13.3. The smallest absolute Gasteiger partial charge is 0.338 e. The number of halogens is 1. The minimum absolute atomic E-state index is 0.0793. The maximum Gasteiger partial charge on any atom is 0.338 e. The van der Waals surface area contributed by atoms with Gasteiger partial charge in [0.1, 0.15) is 5.82 Å². The molecule has 0 amide bonds. The number of aromatic carboxylic acids is 1. The van der Waals surface area contributed by atoms with E-state index in [9.17, 15) is 14.0 Å². The molecule has 0 unspecified atom stereocenters. The van der Waals surface area contributed by atoms with Crippen molar-refractivity contribution in [2.75, 3.05) is 0 Å². The lowest BCUT2D eigenvalue weighted by molar-refractivity contribution is -0.136. The first-order valence-electron chi connectivity index (χ1n) is 5.81. The summed E-state index contributed by atoms with van der Waals surface area (Å²) in [6.45, 7) is 0. The molecule has 0 fully saturated rings. The Bertz CT molecular complexity index is 662. The molecule has 0 saturated carbocycles. The van der Waals surface area contributed by atoms with Gasteiger partial charge in [0.25, 0.3) is 0 Å². The predicted octanol–water partition coefficient (Wildman–Crippen LogP) is 2.82. The third-order valence-electron chi connectivity index (χ3n) is 2.84. The summed E-state index contributed by atoms with van der Waals surface area (Å²) in [4.78, 5) is 21.4. The molecule has 0 spiro atoms. The highest BCUT2D eigenvalue weighted by atomic mass is 19.1. The molecule has 0 aromatic heterocycles. The van der Waals surface area contributed by atoms with E-state index < -0.39 is 23.3 Å². The van der Waals surface area contributed by atoms with E-state index in [1.54, 1.807) is 24.3 Å². The minimum atomic E-state index is -1.33. The standard InChI is InChI=1S/C15H11FO4/c16-13-6-5-11(8-12(13)15(19)20)10-3-1-9(2-4-10)7-14(17)18/h1-6,8H,7H2,(H,17,18)(H,19,20). The van der Waals surface area contributed by atoms with Crippen molar-refractivity contribution >= 4 is 11.9 Å². The van der Waals surface area contributed by atoms with Gasteiger partial charge in [-0.15, -0.1) is 0 Å². The van der Waals surface area contributed by atoms with E-state index in [1.165, 1.54) is 12.1 Å². The van der Waals surface area contributed by atoms with E-state index in [4.69, 9.17) is 10.2 Å². The molecule has 5 heteroatoms. The summed E-state index contributed by atoms with van der Waals surface area (Å²) < 4.78 is 13.3. The molecule has 2 aromatic rings. The van der Waals surface area contributed by atoms with Crippen molar-refractivity contribution in [2.24, 2.45) is 0 Å².